The minimum Gasteiger partial charge on any atom is -0.507 e. The van der Waals surface area contributed by atoms with Crippen LogP contribution in [0.5, 0.6) is 11.5 Å². The Labute approximate surface area is 195 Å². The van der Waals surface area contributed by atoms with Gasteiger partial charge in [0.15, 0.2) is 11.5 Å². The van der Waals surface area contributed by atoms with E-state index in [0.29, 0.717) is 33.3 Å². The summed E-state index contributed by atoms with van der Waals surface area (Å²) in [4.78, 5) is 31.9. The minimum atomic E-state index is -0.822. The number of ether oxygens (including phenoxy) is 2. The largest absolute Gasteiger partial charge is 0.507 e. The maximum absolute atomic E-state index is 13.1. The summed E-state index contributed by atoms with van der Waals surface area (Å²) < 4.78 is 10.6. The van der Waals surface area contributed by atoms with Crippen molar-refractivity contribution in [1.82, 2.24) is 9.88 Å². The summed E-state index contributed by atoms with van der Waals surface area (Å²) in [6.45, 7) is 0.0986. The van der Waals surface area contributed by atoms with Crippen molar-refractivity contribution in [2.45, 2.75) is 12.6 Å². The van der Waals surface area contributed by atoms with Crippen LogP contribution in [-0.2, 0) is 16.1 Å². The molecule has 1 N–H and O–H groups in total. The summed E-state index contributed by atoms with van der Waals surface area (Å²) in [6, 6.07) is 16.1. The number of carbonyl (C=O) groups excluding carboxylic acids is 2. The molecule has 1 fully saturated rings. The van der Waals surface area contributed by atoms with Gasteiger partial charge in [-0.2, -0.15) is 0 Å². The highest BCUT2D eigenvalue weighted by molar-refractivity contribution is 6.46. The summed E-state index contributed by atoms with van der Waals surface area (Å²) in [5.74, 6) is -0.954. The van der Waals surface area contributed by atoms with Gasteiger partial charge in [-0.3, -0.25) is 14.6 Å². The lowest BCUT2D eigenvalue weighted by atomic mass is 9.95. The van der Waals surface area contributed by atoms with Crippen molar-refractivity contribution in [2.24, 2.45) is 0 Å². The molecule has 168 valence electrons. The van der Waals surface area contributed by atoms with Gasteiger partial charge in [-0.25, -0.2) is 0 Å². The number of hydrogen-bond acceptors (Lipinski definition) is 6. The van der Waals surface area contributed by atoms with Crippen LogP contribution < -0.4 is 9.47 Å². The van der Waals surface area contributed by atoms with Crippen molar-refractivity contribution in [2.75, 3.05) is 14.2 Å². The van der Waals surface area contributed by atoms with Crippen molar-refractivity contribution in [1.29, 1.82) is 0 Å². The Balaban J connectivity index is 1.86. The highest BCUT2D eigenvalue weighted by Crippen LogP contribution is 2.41. The molecule has 0 bridgehead atoms. The monoisotopic (exact) mass is 464 g/mol. The molecule has 1 atom stereocenters. The second-order valence-corrected chi connectivity index (χ2v) is 7.81. The lowest BCUT2D eigenvalue weighted by molar-refractivity contribution is -0.140. The third-order valence-electron chi connectivity index (χ3n) is 5.44. The fraction of sp³-hybridized carbons (Fsp3) is 0.160. The fourth-order valence-electron chi connectivity index (χ4n) is 3.84. The van der Waals surface area contributed by atoms with Crippen LogP contribution in [0.3, 0.4) is 0 Å². The lowest BCUT2D eigenvalue weighted by Crippen LogP contribution is -2.29. The molecule has 0 saturated carbocycles. The van der Waals surface area contributed by atoms with Crippen LogP contribution >= 0.6 is 11.6 Å². The van der Waals surface area contributed by atoms with Crippen LogP contribution in [0.25, 0.3) is 5.76 Å². The molecule has 4 rings (SSSR count). The van der Waals surface area contributed by atoms with E-state index in [9.17, 15) is 14.7 Å². The molecule has 0 radical (unpaired) electrons. The number of rotatable bonds is 6. The van der Waals surface area contributed by atoms with E-state index in [0.717, 1.165) is 0 Å². The number of Topliss-reactive ketones (excluding diaryl/α,β-unsaturated/α-hetero) is 1. The Morgan fingerprint density at radius 2 is 1.76 bits per heavy atom. The van der Waals surface area contributed by atoms with Crippen LogP contribution in [0, 0.1) is 0 Å². The highest BCUT2D eigenvalue weighted by Gasteiger charge is 2.46. The molecule has 2 heterocycles. The lowest BCUT2D eigenvalue weighted by Gasteiger charge is -2.25. The van der Waals surface area contributed by atoms with Gasteiger partial charge in [-0.15, -0.1) is 0 Å². The predicted octanol–water partition coefficient (Wildman–Crippen LogP) is 4.37. The second-order valence-electron chi connectivity index (χ2n) is 7.37. The first-order valence-electron chi connectivity index (χ1n) is 10.1. The maximum atomic E-state index is 13.1. The molecule has 0 aliphatic carbocycles. The van der Waals surface area contributed by atoms with Gasteiger partial charge in [-0.05, 0) is 48.0 Å². The molecule has 1 unspecified atom stereocenters. The third-order valence-corrected chi connectivity index (χ3v) is 5.69. The number of pyridine rings is 1. The summed E-state index contributed by atoms with van der Waals surface area (Å²) in [5.41, 5.74) is 1.55. The molecule has 1 aliphatic heterocycles. The topological polar surface area (TPSA) is 89.0 Å². The number of likely N-dealkylation sites (tertiary alicyclic amines) is 1. The number of carbonyl (C=O) groups is 2. The molecule has 0 spiro atoms. The van der Waals surface area contributed by atoms with E-state index in [4.69, 9.17) is 21.1 Å². The van der Waals surface area contributed by atoms with Crippen LogP contribution in [0.1, 0.15) is 22.9 Å². The van der Waals surface area contributed by atoms with Crippen LogP contribution in [-0.4, -0.2) is 40.9 Å². The van der Waals surface area contributed by atoms with Crippen molar-refractivity contribution >= 4 is 29.1 Å². The van der Waals surface area contributed by atoms with E-state index in [1.54, 1.807) is 66.9 Å². The van der Waals surface area contributed by atoms with Crippen LogP contribution in [0.4, 0.5) is 0 Å². The first-order valence-corrected chi connectivity index (χ1v) is 10.5. The zero-order valence-electron chi connectivity index (χ0n) is 18.0. The number of hydrogen-bond donors (Lipinski definition) is 1. The van der Waals surface area contributed by atoms with Crippen molar-refractivity contribution in [3.8, 4) is 11.5 Å². The van der Waals surface area contributed by atoms with Gasteiger partial charge >= 0.3 is 0 Å². The molecule has 2 aromatic carbocycles. The van der Waals surface area contributed by atoms with Gasteiger partial charge in [0.05, 0.1) is 38.1 Å². The zero-order chi connectivity index (χ0) is 23.5. The number of aromatic nitrogens is 1. The van der Waals surface area contributed by atoms with Gasteiger partial charge in [0, 0.05) is 16.8 Å². The van der Waals surface area contributed by atoms with Gasteiger partial charge in [-0.1, -0.05) is 29.8 Å². The van der Waals surface area contributed by atoms with Gasteiger partial charge in [0.25, 0.3) is 11.7 Å². The van der Waals surface area contributed by atoms with E-state index >= 15 is 0 Å². The Morgan fingerprint density at radius 1 is 1.03 bits per heavy atom. The van der Waals surface area contributed by atoms with E-state index in [1.807, 2.05) is 0 Å². The van der Waals surface area contributed by atoms with Gasteiger partial charge < -0.3 is 19.5 Å². The van der Waals surface area contributed by atoms with Crippen molar-refractivity contribution in [3.63, 3.8) is 0 Å². The highest BCUT2D eigenvalue weighted by atomic mass is 35.5. The van der Waals surface area contributed by atoms with E-state index in [2.05, 4.69) is 4.98 Å². The molecule has 1 saturated heterocycles. The van der Waals surface area contributed by atoms with Crippen LogP contribution in [0.2, 0.25) is 5.02 Å². The first-order chi connectivity index (χ1) is 15.9. The molecule has 1 amide bonds. The molecule has 1 aromatic heterocycles. The molecular formula is C25H21ClN2O5. The van der Waals surface area contributed by atoms with Crippen molar-refractivity contribution < 1.29 is 24.2 Å². The zero-order valence-corrected chi connectivity index (χ0v) is 18.7. The molecule has 3 aromatic rings. The standard InChI is InChI=1S/C25H21ClN2O5/c1-32-19-11-8-16(13-20(19)33-2)23(29)21-22(15-6-9-17(26)10-7-15)28(25(31)24(21)30)14-18-5-3-4-12-27-18/h3-13,22,29H,14H2,1-2H3/b23-21-. The normalized spacial score (nSPS) is 17.3. The smallest absolute Gasteiger partial charge is 0.296 e. The maximum Gasteiger partial charge on any atom is 0.296 e. The quantitative estimate of drug-likeness (QED) is 0.331. The number of methoxy groups -OCH3 is 2. The predicted molar refractivity (Wildman–Crippen MR) is 123 cm³/mol. The Morgan fingerprint density at radius 3 is 2.39 bits per heavy atom. The number of aliphatic hydroxyl groups excluding tert-OH is 1. The van der Waals surface area contributed by atoms with E-state index in [-0.39, 0.29) is 17.9 Å². The average molecular weight is 465 g/mol. The molecule has 33 heavy (non-hydrogen) atoms. The fourth-order valence-corrected chi connectivity index (χ4v) is 3.97. The SMILES string of the molecule is COc1ccc(/C(O)=C2/C(=O)C(=O)N(Cc3ccccn3)C2c2ccc(Cl)cc2)cc1OC. The molecule has 8 heteroatoms. The molecule has 7 nitrogen and oxygen atoms in total. The minimum absolute atomic E-state index is 0.0227. The van der Waals surface area contributed by atoms with E-state index in [1.165, 1.54) is 19.1 Å². The molecular weight excluding hydrogens is 444 g/mol. The van der Waals surface area contributed by atoms with Crippen LogP contribution in [0.15, 0.2) is 72.4 Å². The summed E-state index contributed by atoms with van der Waals surface area (Å²) >= 11 is 6.05. The summed E-state index contributed by atoms with van der Waals surface area (Å²) in [5, 5.41) is 11.7. The number of benzene rings is 2. The number of aliphatic hydroxyl groups is 1. The summed E-state index contributed by atoms with van der Waals surface area (Å²) in [6.07, 6.45) is 1.62. The summed E-state index contributed by atoms with van der Waals surface area (Å²) in [7, 11) is 2.97. The average Bonchev–Trinajstić information content (AvgIpc) is 3.09. The van der Waals surface area contributed by atoms with Gasteiger partial charge in [0.1, 0.15) is 5.76 Å². The number of amides is 1. The Kier molecular flexibility index (Phi) is 6.33. The number of halogens is 1. The number of nitrogens with zero attached hydrogens (tertiary/aromatic N) is 2. The Hall–Kier alpha value is -3.84. The first kappa shape index (κ1) is 22.4. The molecule has 1 aliphatic rings. The third kappa shape index (κ3) is 4.27. The number of ketones is 1. The van der Waals surface area contributed by atoms with E-state index < -0.39 is 17.7 Å². The Bertz CT molecular complexity index is 1230. The van der Waals surface area contributed by atoms with Gasteiger partial charge in [0.2, 0.25) is 0 Å². The van der Waals surface area contributed by atoms with Crippen molar-refractivity contribution in [3.05, 3.63) is 94.3 Å². The second kappa shape index (κ2) is 9.34.